The normalized spacial score (nSPS) is 12.0. The first-order chi connectivity index (χ1) is 12.5. The lowest BCUT2D eigenvalue weighted by Gasteiger charge is -2.13. The van der Waals surface area contributed by atoms with Gasteiger partial charge < -0.3 is 10.4 Å². The first kappa shape index (κ1) is 18.2. The third-order valence-electron chi connectivity index (χ3n) is 3.79. The molecular formula is C18H14BrF2N3O2. The Bertz CT molecular complexity index is 925. The average molecular weight is 422 g/mol. The van der Waals surface area contributed by atoms with Crippen LogP contribution in [0.2, 0.25) is 0 Å². The lowest BCUT2D eigenvalue weighted by molar-refractivity contribution is 0.0917. The van der Waals surface area contributed by atoms with E-state index in [0.29, 0.717) is 5.56 Å². The van der Waals surface area contributed by atoms with E-state index in [1.807, 2.05) is 6.07 Å². The lowest BCUT2D eigenvalue weighted by atomic mass is 10.1. The molecule has 1 heterocycles. The minimum atomic E-state index is -0.933. The van der Waals surface area contributed by atoms with Gasteiger partial charge in [0, 0.05) is 11.0 Å². The molecule has 8 heteroatoms. The summed E-state index contributed by atoms with van der Waals surface area (Å²) in [6.07, 6.45) is 0.249. The number of carbonyl (C=O) groups excluding carboxylic acids is 1. The molecule has 0 spiro atoms. The molecule has 0 bridgehead atoms. The fourth-order valence-corrected chi connectivity index (χ4v) is 2.92. The molecule has 3 aromatic rings. The summed E-state index contributed by atoms with van der Waals surface area (Å²) in [6, 6.07) is 10.5. The summed E-state index contributed by atoms with van der Waals surface area (Å²) in [7, 11) is 0. The number of aromatic nitrogens is 2. The van der Waals surface area contributed by atoms with Gasteiger partial charge in [0.1, 0.15) is 11.6 Å². The van der Waals surface area contributed by atoms with Crippen LogP contribution in [-0.4, -0.2) is 27.8 Å². The van der Waals surface area contributed by atoms with Gasteiger partial charge in [0.2, 0.25) is 0 Å². The zero-order chi connectivity index (χ0) is 18.7. The zero-order valence-electron chi connectivity index (χ0n) is 13.3. The number of aromatic amines is 1. The first-order valence-corrected chi connectivity index (χ1v) is 8.46. The molecule has 3 rings (SSSR count). The van der Waals surface area contributed by atoms with Crippen LogP contribution in [-0.2, 0) is 0 Å². The van der Waals surface area contributed by atoms with Crippen molar-refractivity contribution in [3.8, 4) is 11.3 Å². The molecule has 0 aliphatic carbocycles. The summed E-state index contributed by atoms with van der Waals surface area (Å²) >= 11 is 3.31. The molecule has 0 saturated carbocycles. The van der Waals surface area contributed by atoms with Crippen LogP contribution in [0.25, 0.3) is 11.3 Å². The van der Waals surface area contributed by atoms with Gasteiger partial charge in [-0.1, -0.05) is 34.1 Å². The zero-order valence-corrected chi connectivity index (χ0v) is 14.9. The molecule has 0 fully saturated rings. The minimum absolute atomic E-state index is 0.0181. The highest BCUT2D eigenvalue weighted by atomic mass is 79.9. The van der Waals surface area contributed by atoms with Crippen molar-refractivity contribution in [2.75, 3.05) is 6.54 Å². The number of amides is 1. The van der Waals surface area contributed by atoms with Gasteiger partial charge in [0.15, 0.2) is 0 Å². The molecule has 0 aliphatic heterocycles. The Morgan fingerprint density at radius 2 is 1.92 bits per heavy atom. The van der Waals surface area contributed by atoms with Crippen molar-refractivity contribution >= 4 is 21.8 Å². The Morgan fingerprint density at radius 1 is 1.23 bits per heavy atom. The van der Waals surface area contributed by atoms with Crippen LogP contribution in [0.5, 0.6) is 0 Å². The molecule has 1 amide bonds. The number of nitrogens with one attached hydrogen (secondary N) is 2. The number of rotatable bonds is 5. The van der Waals surface area contributed by atoms with Crippen LogP contribution >= 0.6 is 15.9 Å². The number of halogens is 3. The Morgan fingerprint density at radius 3 is 2.62 bits per heavy atom. The number of H-pyrrole nitrogens is 1. The maximum atomic E-state index is 14.0. The molecule has 3 N–H and O–H groups in total. The molecule has 0 radical (unpaired) electrons. The van der Waals surface area contributed by atoms with Crippen LogP contribution in [0.3, 0.4) is 0 Å². The van der Waals surface area contributed by atoms with Crippen molar-refractivity contribution in [1.82, 2.24) is 15.5 Å². The van der Waals surface area contributed by atoms with E-state index in [1.165, 1.54) is 12.3 Å². The number of hydrogen-bond acceptors (Lipinski definition) is 3. The number of aliphatic hydroxyl groups is 1. The summed E-state index contributed by atoms with van der Waals surface area (Å²) in [5, 5.41) is 18.9. The van der Waals surface area contributed by atoms with E-state index in [2.05, 4.69) is 31.4 Å². The highest BCUT2D eigenvalue weighted by Gasteiger charge is 2.21. The van der Waals surface area contributed by atoms with E-state index in [0.717, 1.165) is 16.6 Å². The van der Waals surface area contributed by atoms with Gasteiger partial charge in [-0.2, -0.15) is 5.10 Å². The Hall–Kier alpha value is -2.58. The number of nitrogens with zero attached hydrogens (tertiary/aromatic N) is 1. The van der Waals surface area contributed by atoms with Crippen LogP contribution in [0.15, 0.2) is 53.1 Å². The van der Waals surface area contributed by atoms with E-state index < -0.39 is 23.6 Å². The minimum Gasteiger partial charge on any atom is -0.387 e. The second-order valence-corrected chi connectivity index (χ2v) is 6.45. The first-order valence-electron chi connectivity index (χ1n) is 7.67. The van der Waals surface area contributed by atoms with Crippen LogP contribution in [0, 0.1) is 11.6 Å². The fourth-order valence-electron chi connectivity index (χ4n) is 2.50. The quantitative estimate of drug-likeness (QED) is 0.588. The van der Waals surface area contributed by atoms with Crippen molar-refractivity contribution in [3.05, 3.63) is 75.9 Å². The van der Waals surface area contributed by atoms with Gasteiger partial charge in [-0.25, -0.2) is 8.78 Å². The van der Waals surface area contributed by atoms with E-state index in [1.54, 1.807) is 18.2 Å². The van der Waals surface area contributed by atoms with Crippen molar-refractivity contribution in [2.45, 2.75) is 6.10 Å². The van der Waals surface area contributed by atoms with Crippen LogP contribution < -0.4 is 5.32 Å². The molecular weight excluding hydrogens is 408 g/mol. The van der Waals surface area contributed by atoms with Crippen molar-refractivity contribution in [3.63, 3.8) is 0 Å². The molecule has 134 valence electrons. The lowest BCUT2D eigenvalue weighted by Crippen LogP contribution is -2.28. The summed E-state index contributed by atoms with van der Waals surface area (Å²) < 4.78 is 28.7. The van der Waals surface area contributed by atoms with Gasteiger partial charge in [-0.15, -0.1) is 0 Å². The van der Waals surface area contributed by atoms with Gasteiger partial charge in [0.25, 0.3) is 5.91 Å². The van der Waals surface area contributed by atoms with Crippen LogP contribution in [0.4, 0.5) is 8.78 Å². The van der Waals surface area contributed by atoms with E-state index in [4.69, 9.17) is 0 Å². The molecule has 0 unspecified atom stereocenters. The van der Waals surface area contributed by atoms with Crippen molar-refractivity contribution < 1.29 is 18.7 Å². The molecule has 0 saturated heterocycles. The second kappa shape index (κ2) is 7.76. The molecule has 2 aromatic carbocycles. The highest BCUT2D eigenvalue weighted by molar-refractivity contribution is 9.10. The summed E-state index contributed by atoms with van der Waals surface area (Å²) in [5.74, 6) is -2.22. The Labute approximate surface area is 156 Å². The standard InChI is InChI=1S/C18H14BrF2N3O2/c19-11-4-1-3-10(7-11)15(25)9-22-18(26)12-8-23-24-17(12)16-13(20)5-2-6-14(16)21/h1-8,15,25H,9H2,(H,22,26)(H,23,24)/t15-/m1/s1. The molecule has 26 heavy (non-hydrogen) atoms. The molecule has 1 aromatic heterocycles. The average Bonchev–Trinajstić information content (AvgIpc) is 3.08. The van der Waals surface area contributed by atoms with Crippen molar-refractivity contribution in [1.29, 1.82) is 0 Å². The number of aliphatic hydroxyl groups excluding tert-OH is 1. The second-order valence-electron chi connectivity index (χ2n) is 5.54. The smallest absolute Gasteiger partial charge is 0.255 e. The number of hydrogen-bond donors (Lipinski definition) is 3. The predicted molar refractivity (Wildman–Crippen MR) is 95.4 cm³/mol. The summed E-state index contributed by atoms with van der Waals surface area (Å²) in [5.41, 5.74) is 0.181. The predicted octanol–water partition coefficient (Wildman–Crippen LogP) is 3.58. The topological polar surface area (TPSA) is 78.0 Å². The van der Waals surface area contributed by atoms with Gasteiger partial charge in [-0.05, 0) is 29.8 Å². The maximum Gasteiger partial charge on any atom is 0.255 e. The monoisotopic (exact) mass is 421 g/mol. The number of benzene rings is 2. The van der Waals surface area contributed by atoms with Crippen LogP contribution in [0.1, 0.15) is 22.0 Å². The van der Waals surface area contributed by atoms with E-state index in [-0.39, 0.29) is 23.4 Å². The molecule has 1 atom stereocenters. The Balaban J connectivity index is 1.77. The number of carbonyl (C=O) groups is 1. The van der Waals surface area contributed by atoms with E-state index >= 15 is 0 Å². The Kier molecular flexibility index (Phi) is 5.43. The third-order valence-corrected chi connectivity index (χ3v) is 4.28. The highest BCUT2D eigenvalue weighted by Crippen LogP contribution is 2.27. The van der Waals surface area contributed by atoms with Gasteiger partial charge in [-0.3, -0.25) is 9.89 Å². The fraction of sp³-hybridized carbons (Fsp3) is 0.111. The van der Waals surface area contributed by atoms with E-state index in [9.17, 15) is 18.7 Å². The summed E-state index contributed by atoms with van der Waals surface area (Å²) in [6.45, 7) is -0.0698. The SMILES string of the molecule is O=C(NC[C@@H](O)c1cccc(Br)c1)c1cn[nH]c1-c1c(F)cccc1F. The maximum absolute atomic E-state index is 14.0. The largest absolute Gasteiger partial charge is 0.387 e. The van der Waals surface area contributed by atoms with Gasteiger partial charge in [0.05, 0.1) is 29.1 Å². The summed E-state index contributed by atoms with van der Waals surface area (Å²) in [4.78, 5) is 12.4. The third kappa shape index (κ3) is 3.81. The molecule has 5 nitrogen and oxygen atoms in total. The van der Waals surface area contributed by atoms with Crippen molar-refractivity contribution in [2.24, 2.45) is 0 Å². The van der Waals surface area contributed by atoms with Gasteiger partial charge >= 0.3 is 0 Å². The molecule has 0 aliphatic rings.